The number of carbonyl (C=O) groups is 2. The van der Waals surface area contributed by atoms with Crippen molar-refractivity contribution in [2.75, 3.05) is 10.6 Å². The maximum Gasteiger partial charge on any atom is 0.412 e. The highest BCUT2D eigenvalue weighted by molar-refractivity contribution is 5.87. The molecule has 5 rings (SSSR count). The zero-order chi connectivity index (χ0) is 24.7. The summed E-state index contributed by atoms with van der Waals surface area (Å²) in [4.78, 5) is 28.1. The summed E-state index contributed by atoms with van der Waals surface area (Å²) in [5, 5.41) is 18.8. The first kappa shape index (κ1) is 22.3. The average Bonchev–Trinajstić information content (AvgIpc) is 3.25. The van der Waals surface area contributed by atoms with Crippen LogP contribution in [0.3, 0.4) is 0 Å². The van der Waals surface area contributed by atoms with Crippen molar-refractivity contribution in [2.24, 2.45) is 0 Å². The topological polar surface area (TPSA) is 149 Å². The van der Waals surface area contributed by atoms with Gasteiger partial charge in [-0.1, -0.05) is 29.4 Å². The maximum absolute atomic E-state index is 12.5. The van der Waals surface area contributed by atoms with Crippen molar-refractivity contribution in [3.63, 3.8) is 0 Å². The van der Waals surface area contributed by atoms with Gasteiger partial charge in [0.2, 0.25) is 12.1 Å². The molecule has 1 saturated carbocycles. The van der Waals surface area contributed by atoms with E-state index in [1.54, 1.807) is 13.8 Å². The summed E-state index contributed by atoms with van der Waals surface area (Å²) in [5.41, 5.74) is 1.32. The molecule has 0 spiro atoms. The predicted octanol–water partition coefficient (Wildman–Crippen LogP) is 3.89. The number of aromatic nitrogens is 2. The van der Waals surface area contributed by atoms with Crippen LogP contribution in [0.25, 0.3) is 0 Å². The third-order valence-electron chi connectivity index (χ3n) is 5.98. The number of carbonyl (C=O) groups excluding carboxylic acids is 1. The van der Waals surface area contributed by atoms with Crippen LogP contribution in [0.4, 0.5) is 16.4 Å². The molecule has 11 heteroatoms. The zero-order valence-corrected chi connectivity index (χ0v) is 19.2. The molecule has 0 bridgehead atoms. The molecule has 0 saturated heterocycles. The number of aliphatic carboxylic acids is 1. The van der Waals surface area contributed by atoms with E-state index in [0.717, 1.165) is 11.1 Å². The van der Waals surface area contributed by atoms with Gasteiger partial charge in [0.25, 0.3) is 11.8 Å². The van der Waals surface area contributed by atoms with Crippen molar-refractivity contribution < 1.29 is 33.1 Å². The van der Waals surface area contributed by atoms with Crippen molar-refractivity contribution in [3.8, 4) is 17.7 Å². The van der Waals surface area contributed by atoms with E-state index in [9.17, 15) is 14.7 Å². The minimum Gasteiger partial charge on any atom is -0.480 e. The van der Waals surface area contributed by atoms with Crippen LogP contribution in [0.2, 0.25) is 0 Å². The highest BCUT2D eigenvalue weighted by atomic mass is 16.6. The minimum atomic E-state index is -1.07. The zero-order valence-electron chi connectivity index (χ0n) is 19.2. The number of carboxylic acid groups (broad SMARTS) is 1. The van der Waals surface area contributed by atoms with Crippen molar-refractivity contribution >= 4 is 23.6 Å². The number of amides is 1. The molecule has 2 aliphatic rings. The molecular weight excluding hydrogens is 456 g/mol. The van der Waals surface area contributed by atoms with Gasteiger partial charge in [-0.25, -0.2) is 4.79 Å². The Balaban J connectivity index is 1.24. The summed E-state index contributed by atoms with van der Waals surface area (Å²) in [5.74, 6) is 5.48. The highest BCUT2D eigenvalue weighted by Crippen LogP contribution is 2.50. The highest BCUT2D eigenvalue weighted by Gasteiger charge is 2.57. The first-order valence-corrected chi connectivity index (χ1v) is 11.0. The van der Waals surface area contributed by atoms with Gasteiger partial charge in [-0.3, -0.25) is 10.1 Å². The van der Waals surface area contributed by atoms with Gasteiger partial charge in [0, 0.05) is 0 Å². The van der Waals surface area contributed by atoms with Crippen LogP contribution < -0.4 is 15.4 Å². The molecular formula is C24H22N4O7. The average molecular weight is 478 g/mol. The second-order valence-electron chi connectivity index (χ2n) is 8.44. The van der Waals surface area contributed by atoms with Crippen LogP contribution in [0.15, 0.2) is 33.2 Å². The summed E-state index contributed by atoms with van der Waals surface area (Å²) >= 11 is 0. The third-order valence-corrected chi connectivity index (χ3v) is 5.98. The van der Waals surface area contributed by atoms with Crippen LogP contribution in [-0.4, -0.2) is 33.5 Å². The van der Waals surface area contributed by atoms with Crippen molar-refractivity contribution in [1.29, 1.82) is 0 Å². The Bertz CT molecular complexity index is 1350. The molecule has 180 valence electrons. The molecule has 3 N–H and O–H groups in total. The number of hydrogen-bond acceptors (Lipinski definition) is 9. The number of ether oxygens (including phenoxy) is 2. The number of nitrogens with one attached hydrogen (secondary N) is 2. The van der Waals surface area contributed by atoms with E-state index in [1.165, 1.54) is 0 Å². The largest absolute Gasteiger partial charge is 0.480 e. The molecule has 11 nitrogen and oxygen atoms in total. The Labute approximate surface area is 199 Å². The molecule has 1 fully saturated rings. The van der Waals surface area contributed by atoms with E-state index in [-0.39, 0.29) is 29.0 Å². The molecule has 3 aromatic rings. The summed E-state index contributed by atoms with van der Waals surface area (Å²) in [6.07, 6.45) is -0.995. The van der Waals surface area contributed by atoms with Gasteiger partial charge in [-0.15, -0.1) is 0 Å². The van der Waals surface area contributed by atoms with Crippen LogP contribution >= 0.6 is 0 Å². The fourth-order valence-electron chi connectivity index (χ4n) is 3.79. The van der Waals surface area contributed by atoms with Crippen molar-refractivity contribution in [2.45, 2.75) is 51.4 Å². The molecule has 2 unspecified atom stereocenters. The Morgan fingerprint density at radius 3 is 2.77 bits per heavy atom. The standard InChI is InChI=1S/C24H22N4O7/c1-12-6-4-5-7-15(12)13(2)32-23(31)26-18-14(3)35-28-16(18)8-9-17-25-19-20(33-17)27-21(34-19)24(10-11-24)22(29)30/h4-7,13,17,25H,10-11H2,1-3H3,(H,26,31)(H,29,30). The lowest BCUT2D eigenvalue weighted by molar-refractivity contribution is -0.140. The smallest absolute Gasteiger partial charge is 0.412 e. The number of oxazole rings is 1. The number of aryl methyl sites for hydroxylation is 2. The molecule has 0 radical (unpaired) electrons. The molecule has 3 heterocycles. The number of anilines is 2. The number of benzene rings is 1. The van der Waals surface area contributed by atoms with E-state index < -0.39 is 29.8 Å². The number of fused-ring (bicyclic) bond motifs is 1. The van der Waals surface area contributed by atoms with Gasteiger partial charge in [0.1, 0.15) is 17.2 Å². The fraction of sp³-hybridized carbons (Fsp3) is 0.333. The molecule has 2 aromatic heterocycles. The van der Waals surface area contributed by atoms with E-state index in [2.05, 4.69) is 32.6 Å². The van der Waals surface area contributed by atoms with E-state index >= 15 is 0 Å². The van der Waals surface area contributed by atoms with Crippen molar-refractivity contribution in [3.05, 3.63) is 52.7 Å². The first-order chi connectivity index (χ1) is 16.8. The second-order valence-corrected chi connectivity index (χ2v) is 8.44. The van der Waals surface area contributed by atoms with E-state index in [4.69, 9.17) is 18.4 Å². The van der Waals surface area contributed by atoms with Gasteiger partial charge in [0.15, 0.2) is 11.5 Å². The molecule has 1 aromatic carbocycles. The van der Waals surface area contributed by atoms with E-state index in [0.29, 0.717) is 18.6 Å². The van der Waals surface area contributed by atoms with Gasteiger partial charge in [-0.2, -0.15) is 4.98 Å². The first-order valence-electron chi connectivity index (χ1n) is 11.0. The number of carboxylic acids is 1. The Morgan fingerprint density at radius 1 is 1.31 bits per heavy atom. The molecule has 1 amide bonds. The molecule has 35 heavy (non-hydrogen) atoms. The summed E-state index contributed by atoms with van der Waals surface area (Å²) < 4.78 is 21.8. The lowest BCUT2D eigenvalue weighted by atomic mass is 10.1. The Kier molecular flexibility index (Phi) is 5.36. The molecule has 1 aliphatic carbocycles. The summed E-state index contributed by atoms with van der Waals surface area (Å²) in [6.45, 7) is 5.37. The Hall–Kier alpha value is -4.46. The lowest BCUT2D eigenvalue weighted by Gasteiger charge is -2.16. The minimum absolute atomic E-state index is 0.117. The number of rotatable bonds is 5. The number of hydrogen-bond donors (Lipinski definition) is 3. The molecule has 2 atom stereocenters. The summed E-state index contributed by atoms with van der Waals surface area (Å²) in [6, 6.07) is 7.65. The summed E-state index contributed by atoms with van der Waals surface area (Å²) in [7, 11) is 0. The second kappa shape index (κ2) is 8.39. The van der Waals surface area contributed by atoms with E-state index in [1.807, 2.05) is 31.2 Å². The fourth-order valence-corrected chi connectivity index (χ4v) is 3.79. The third kappa shape index (κ3) is 4.14. The predicted molar refractivity (Wildman–Crippen MR) is 121 cm³/mol. The van der Waals surface area contributed by atoms with Gasteiger partial charge in [0.05, 0.1) is 0 Å². The van der Waals surface area contributed by atoms with Gasteiger partial charge < -0.3 is 28.8 Å². The van der Waals surface area contributed by atoms with Crippen molar-refractivity contribution in [1.82, 2.24) is 10.1 Å². The Morgan fingerprint density at radius 2 is 2.09 bits per heavy atom. The van der Waals surface area contributed by atoms with Gasteiger partial charge >= 0.3 is 12.1 Å². The quantitative estimate of drug-likeness (QED) is 0.461. The van der Waals surface area contributed by atoms with Crippen LogP contribution in [0.5, 0.6) is 5.88 Å². The van der Waals surface area contributed by atoms with Crippen LogP contribution in [0.1, 0.15) is 54.3 Å². The van der Waals surface area contributed by atoms with Gasteiger partial charge in [-0.05, 0) is 56.6 Å². The molecule has 1 aliphatic heterocycles. The number of nitrogens with zero attached hydrogens (tertiary/aromatic N) is 2. The van der Waals surface area contributed by atoms with Crippen LogP contribution in [0, 0.1) is 25.7 Å². The maximum atomic E-state index is 12.5. The monoisotopic (exact) mass is 478 g/mol. The normalized spacial score (nSPS) is 17.7. The van der Waals surface area contributed by atoms with Crippen LogP contribution in [-0.2, 0) is 14.9 Å². The SMILES string of the molecule is Cc1ccccc1C(C)OC(=O)Nc1c(C#CC2Nc3oc(C4(C(=O)O)CC4)nc3O2)noc1C. The lowest BCUT2D eigenvalue weighted by Crippen LogP contribution is -2.22.